The van der Waals surface area contributed by atoms with Crippen molar-refractivity contribution in [2.24, 2.45) is 0 Å². The number of hydrogen-bond acceptors (Lipinski definition) is 4. The normalized spacial score (nSPS) is 10.7. The lowest BCUT2D eigenvalue weighted by Gasteiger charge is -2.09. The van der Waals surface area contributed by atoms with Crippen LogP contribution in [-0.2, 0) is 9.53 Å². The SMILES string of the molecule is Cc1ccc(Cl)cc1NC(=O)COC(=O)c1oc2ccccc2c1C. The Labute approximate surface area is 149 Å². The minimum Gasteiger partial charge on any atom is -0.450 e. The van der Waals surface area contributed by atoms with Gasteiger partial charge in [-0.15, -0.1) is 0 Å². The Bertz CT molecular complexity index is 961. The molecule has 1 amide bonds. The first kappa shape index (κ1) is 17.0. The first-order valence-corrected chi connectivity index (χ1v) is 8.05. The minimum atomic E-state index is -0.674. The molecule has 128 valence electrons. The van der Waals surface area contributed by atoms with Gasteiger partial charge in [0.1, 0.15) is 5.58 Å². The van der Waals surface area contributed by atoms with Crippen LogP contribution in [0.4, 0.5) is 5.69 Å². The third-order valence-corrected chi connectivity index (χ3v) is 4.07. The Morgan fingerprint density at radius 2 is 1.92 bits per heavy atom. The van der Waals surface area contributed by atoms with Crippen molar-refractivity contribution in [1.29, 1.82) is 0 Å². The molecule has 1 aromatic heterocycles. The lowest BCUT2D eigenvalue weighted by atomic mass is 10.1. The minimum absolute atomic E-state index is 0.105. The third-order valence-electron chi connectivity index (χ3n) is 3.84. The number of esters is 1. The molecule has 0 saturated heterocycles. The number of halogens is 1. The van der Waals surface area contributed by atoms with Crippen molar-refractivity contribution in [2.75, 3.05) is 11.9 Å². The number of fused-ring (bicyclic) bond motifs is 1. The van der Waals surface area contributed by atoms with Gasteiger partial charge in [0.2, 0.25) is 5.76 Å². The highest BCUT2D eigenvalue weighted by Gasteiger charge is 2.19. The standard InChI is InChI=1S/C19H16ClNO4/c1-11-7-8-13(20)9-15(11)21-17(22)10-24-19(23)18-12(2)14-5-3-4-6-16(14)25-18/h3-9H,10H2,1-2H3,(H,21,22). The Hall–Kier alpha value is -2.79. The van der Waals surface area contributed by atoms with Crippen LogP contribution in [0, 0.1) is 13.8 Å². The molecule has 0 saturated carbocycles. The Morgan fingerprint density at radius 1 is 1.16 bits per heavy atom. The van der Waals surface area contributed by atoms with Gasteiger partial charge in [0.25, 0.3) is 5.91 Å². The lowest BCUT2D eigenvalue weighted by Crippen LogP contribution is -2.21. The second-order valence-electron chi connectivity index (χ2n) is 5.64. The first-order valence-electron chi connectivity index (χ1n) is 7.67. The average molecular weight is 358 g/mol. The largest absolute Gasteiger partial charge is 0.450 e. The highest BCUT2D eigenvalue weighted by Crippen LogP contribution is 2.25. The van der Waals surface area contributed by atoms with Crippen LogP contribution in [0.25, 0.3) is 11.0 Å². The van der Waals surface area contributed by atoms with Crippen LogP contribution in [0.5, 0.6) is 0 Å². The zero-order valence-electron chi connectivity index (χ0n) is 13.8. The van der Waals surface area contributed by atoms with E-state index in [1.54, 1.807) is 31.2 Å². The van der Waals surface area contributed by atoms with Crippen molar-refractivity contribution in [3.05, 3.63) is 64.4 Å². The van der Waals surface area contributed by atoms with Crippen LogP contribution >= 0.6 is 11.6 Å². The number of amides is 1. The number of hydrogen-bond donors (Lipinski definition) is 1. The molecule has 0 unspecified atom stereocenters. The number of benzene rings is 2. The number of nitrogens with one attached hydrogen (secondary N) is 1. The number of furan rings is 1. The van der Waals surface area contributed by atoms with Gasteiger partial charge in [-0.1, -0.05) is 35.9 Å². The molecule has 0 bridgehead atoms. The maximum Gasteiger partial charge on any atom is 0.375 e. The summed E-state index contributed by atoms with van der Waals surface area (Å²) in [5.41, 5.74) is 2.73. The highest BCUT2D eigenvalue weighted by atomic mass is 35.5. The summed E-state index contributed by atoms with van der Waals surface area (Å²) < 4.78 is 10.6. The maximum atomic E-state index is 12.2. The summed E-state index contributed by atoms with van der Waals surface area (Å²) in [4.78, 5) is 24.2. The predicted octanol–water partition coefficient (Wildman–Crippen LogP) is 4.50. The smallest absolute Gasteiger partial charge is 0.375 e. The zero-order chi connectivity index (χ0) is 18.0. The first-order chi connectivity index (χ1) is 12.0. The van der Waals surface area contributed by atoms with Gasteiger partial charge in [-0.25, -0.2) is 4.79 Å². The quantitative estimate of drug-likeness (QED) is 0.698. The molecular formula is C19H16ClNO4. The van der Waals surface area contributed by atoms with Crippen LogP contribution in [-0.4, -0.2) is 18.5 Å². The summed E-state index contributed by atoms with van der Waals surface area (Å²) in [5, 5.41) is 4.02. The second kappa shape index (κ2) is 6.99. The van der Waals surface area contributed by atoms with E-state index >= 15 is 0 Å². The molecule has 6 heteroatoms. The summed E-state index contributed by atoms with van der Waals surface area (Å²) in [6, 6.07) is 12.5. The van der Waals surface area contributed by atoms with E-state index in [-0.39, 0.29) is 5.76 Å². The summed E-state index contributed by atoms with van der Waals surface area (Å²) in [7, 11) is 0. The van der Waals surface area contributed by atoms with E-state index in [0.717, 1.165) is 10.9 Å². The van der Waals surface area contributed by atoms with Gasteiger partial charge in [0, 0.05) is 21.7 Å². The van der Waals surface area contributed by atoms with Crippen molar-refractivity contribution in [3.63, 3.8) is 0 Å². The number of carbonyl (C=O) groups is 2. The fraction of sp³-hybridized carbons (Fsp3) is 0.158. The van der Waals surface area contributed by atoms with E-state index in [2.05, 4.69) is 5.32 Å². The summed E-state index contributed by atoms with van der Waals surface area (Å²) in [6.07, 6.45) is 0. The van der Waals surface area contributed by atoms with Crippen molar-refractivity contribution in [3.8, 4) is 0 Å². The molecule has 1 N–H and O–H groups in total. The van der Waals surface area contributed by atoms with Crippen molar-refractivity contribution in [2.45, 2.75) is 13.8 Å². The Kier molecular flexibility index (Phi) is 4.76. The molecule has 0 aliphatic rings. The molecule has 0 fully saturated rings. The molecule has 0 radical (unpaired) electrons. The van der Waals surface area contributed by atoms with Crippen LogP contribution in [0.2, 0.25) is 5.02 Å². The number of anilines is 1. The average Bonchev–Trinajstić information content (AvgIpc) is 2.93. The van der Waals surface area contributed by atoms with Crippen molar-refractivity contribution in [1.82, 2.24) is 0 Å². The van der Waals surface area contributed by atoms with Crippen LogP contribution in [0.15, 0.2) is 46.9 Å². The predicted molar refractivity (Wildman–Crippen MR) is 96.1 cm³/mol. The summed E-state index contributed by atoms with van der Waals surface area (Å²) >= 11 is 5.91. The molecule has 0 aliphatic heterocycles. The van der Waals surface area contributed by atoms with Gasteiger partial charge < -0.3 is 14.5 Å². The zero-order valence-corrected chi connectivity index (χ0v) is 14.5. The molecule has 3 rings (SSSR count). The Morgan fingerprint density at radius 3 is 2.68 bits per heavy atom. The van der Waals surface area contributed by atoms with E-state index in [4.69, 9.17) is 20.8 Å². The van der Waals surface area contributed by atoms with E-state index in [1.165, 1.54) is 0 Å². The summed E-state index contributed by atoms with van der Waals surface area (Å²) in [5.74, 6) is -1.02. The molecule has 0 spiro atoms. The molecule has 2 aromatic carbocycles. The number of aryl methyl sites for hydroxylation is 2. The number of para-hydroxylation sites is 1. The number of carbonyl (C=O) groups excluding carboxylic acids is 2. The third kappa shape index (κ3) is 3.67. The van der Waals surface area contributed by atoms with E-state index < -0.39 is 18.5 Å². The van der Waals surface area contributed by atoms with E-state index in [0.29, 0.717) is 21.9 Å². The molecule has 1 heterocycles. The van der Waals surface area contributed by atoms with Gasteiger partial charge >= 0.3 is 5.97 Å². The highest BCUT2D eigenvalue weighted by molar-refractivity contribution is 6.31. The van der Waals surface area contributed by atoms with Crippen LogP contribution in [0.1, 0.15) is 21.7 Å². The van der Waals surface area contributed by atoms with Gasteiger partial charge in [0.05, 0.1) is 0 Å². The van der Waals surface area contributed by atoms with E-state index in [1.807, 2.05) is 25.1 Å². The van der Waals surface area contributed by atoms with Gasteiger partial charge in [-0.3, -0.25) is 4.79 Å². The molecule has 25 heavy (non-hydrogen) atoms. The fourth-order valence-corrected chi connectivity index (χ4v) is 2.65. The molecule has 0 aliphatic carbocycles. The van der Waals surface area contributed by atoms with Gasteiger partial charge in [0.15, 0.2) is 6.61 Å². The van der Waals surface area contributed by atoms with Gasteiger partial charge in [-0.2, -0.15) is 0 Å². The number of rotatable bonds is 4. The second-order valence-corrected chi connectivity index (χ2v) is 6.07. The Balaban J connectivity index is 1.66. The maximum absolute atomic E-state index is 12.2. The van der Waals surface area contributed by atoms with E-state index in [9.17, 15) is 9.59 Å². The molecule has 0 atom stereocenters. The van der Waals surface area contributed by atoms with Crippen LogP contribution < -0.4 is 5.32 Å². The topological polar surface area (TPSA) is 68.5 Å². The van der Waals surface area contributed by atoms with Crippen molar-refractivity contribution < 1.29 is 18.7 Å². The lowest BCUT2D eigenvalue weighted by molar-refractivity contribution is -0.119. The van der Waals surface area contributed by atoms with Gasteiger partial charge in [-0.05, 0) is 37.6 Å². The fourth-order valence-electron chi connectivity index (χ4n) is 2.48. The van der Waals surface area contributed by atoms with Crippen LogP contribution in [0.3, 0.4) is 0 Å². The van der Waals surface area contributed by atoms with Crippen molar-refractivity contribution >= 4 is 40.1 Å². The number of ether oxygens (including phenoxy) is 1. The molecule has 3 aromatic rings. The summed E-state index contributed by atoms with van der Waals surface area (Å²) in [6.45, 7) is 3.20. The molecule has 5 nitrogen and oxygen atoms in total. The molecular weight excluding hydrogens is 342 g/mol. The monoisotopic (exact) mass is 357 g/mol.